The van der Waals surface area contributed by atoms with Gasteiger partial charge in [0.1, 0.15) is 5.75 Å². The Balaban J connectivity index is 2.86. The van der Waals surface area contributed by atoms with Crippen LogP contribution in [0.3, 0.4) is 0 Å². The lowest BCUT2D eigenvalue weighted by Crippen LogP contribution is -2.20. The molecule has 3 N–H and O–H groups in total. The van der Waals surface area contributed by atoms with Crippen LogP contribution in [-0.2, 0) is 6.42 Å². The molecule has 19 heavy (non-hydrogen) atoms. The fourth-order valence-corrected chi connectivity index (χ4v) is 2.50. The molecule has 0 amide bonds. The molecule has 1 aromatic carbocycles. The summed E-state index contributed by atoms with van der Waals surface area (Å²) < 4.78 is 5.55. The molecule has 0 aliphatic heterocycles. The van der Waals surface area contributed by atoms with E-state index in [0.717, 1.165) is 18.6 Å². The van der Waals surface area contributed by atoms with Crippen LogP contribution in [0.4, 0.5) is 0 Å². The van der Waals surface area contributed by atoms with Gasteiger partial charge in [-0.05, 0) is 61.4 Å². The highest BCUT2D eigenvalue weighted by Crippen LogP contribution is 2.29. The molecule has 2 atom stereocenters. The van der Waals surface area contributed by atoms with Crippen LogP contribution < -0.4 is 10.5 Å². The molecule has 0 bridgehead atoms. The van der Waals surface area contributed by atoms with E-state index < -0.39 is 0 Å². The van der Waals surface area contributed by atoms with Crippen molar-refractivity contribution in [3.63, 3.8) is 0 Å². The van der Waals surface area contributed by atoms with E-state index in [-0.39, 0.29) is 12.5 Å². The molecule has 0 aliphatic carbocycles. The fraction of sp³-hybridized carbons (Fsp3) is 0.625. The van der Waals surface area contributed by atoms with Gasteiger partial charge in [0.2, 0.25) is 0 Å². The molecule has 2 unspecified atom stereocenters. The minimum Gasteiger partial charge on any atom is -0.494 e. The summed E-state index contributed by atoms with van der Waals surface area (Å²) in [5, 5.41) is 9.26. The summed E-state index contributed by atoms with van der Waals surface area (Å²) in [7, 11) is 0. The number of rotatable bonds is 8. The average Bonchev–Trinajstić information content (AvgIpc) is 2.44. The molecule has 0 aromatic heterocycles. The summed E-state index contributed by atoms with van der Waals surface area (Å²) in [6.45, 7) is 7.76. The summed E-state index contributed by atoms with van der Waals surface area (Å²) in [4.78, 5) is 0. The van der Waals surface area contributed by atoms with Crippen molar-refractivity contribution in [1.82, 2.24) is 0 Å². The minimum absolute atomic E-state index is 0.166. The second-order valence-corrected chi connectivity index (χ2v) is 5.07. The van der Waals surface area contributed by atoms with Crippen LogP contribution in [-0.4, -0.2) is 24.9 Å². The maximum Gasteiger partial charge on any atom is 0.119 e. The van der Waals surface area contributed by atoms with E-state index in [4.69, 9.17) is 10.5 Å². The molecule has 1 rings (SSSR count). The van der Waals surface area contributed by atoms with Gasteiger partial charge in [0.15, 0.2) is 0 Å². The van der Waals surface area contributed by atoms with Crippen LogP contribution in [0.25, 0.3) is 0 Å². The Morgan fingerprint density at radius 3 is 2.58 bits per heavy atom. The average molecular weight is 265 g/mol. The number of hydrogen-bond donors (Lipinski definition) is 2. The third-order valence-electron chi connectivity index (χ3n) is 3.62. The molecule has 0 fully saturated rings. The van der Waals surface area contributed by atoms with Gasteiger partial charge >= 0.3 is 0 Å². The molecular weight excluding hydrogens is 238 g/mol. The van der Waals surface area contributed by atoms with Gasteiger partial charge in [-0.1, -0.05) is 19.9 Å². The van der Waals surface area contributed by atoms with Gasteiger partial charge in [-0.25, -0.2) is 0 Å². The Kier molecular flexibility index (Phi) is 6.89. The second-order valence-electron chi connectivity index (χ2n) is 5.07. The Morgan fingerprint density at radius 2 is 2.05 bits per heavy atom. The van der Waals surface area contributed by atoms with Crippen LogP contribution in [0.15, 0.2) is 18.2 Å². The SMILES string of the molecule is CCOc1ccc(C(C)CC(CN)CO)c(CC)c1. The predicted octanol–water partition coefficient (Wildman–Crippen LogP) is 2.71. The predicted molar refractivity (Wildman–Crippen MR) is 79.7 cm³/mol. The molecule has 3 heteroatoms. The molecule has 0 heterocycles. The van der Waals surface area contributed by atoms with Gasteiger partial charge in [0, 0.05) is 6.61 Å². The first-order valence-corrected chi connectivity index (χ1v) is 7.22. The van der Waals surface area contributed by atoms with E-state index in [1.807, 2.05) is 13.0 Å². The van der Waals surface area contributed by atoms with Crippen molar-refractivity contribution in [2.24, 2.45) is 11.7 Å². The Bertz CT molecular complexity index is 375. The molecule has 0 radical (unpaired) electrons. The van der Waals surface area contributed by atoms with E-state index >= 15 is 0 Å². The van der Waals surface area contributed by atoms with Gasteiger partial charge in [0.25, 0.3) is 0 Å². The highest BCUT2D eigenvalue weighted by atomic mass is 16.5. The Hall–Kier alpha value is -1.06. The zero-order valence-electron chi connectivity index (χ0n) is 12.4. The Labute approximate surface area is 116 Å². The maximum absolute atomic E-state index is 9.26. The topological polar surface area (TPSA) is 55.5 Å². The van der Waals surface area contributed by atoms with Crippen LogP contribution >= 0.6 is 0 Å². The largest absolute Gasteiger partial charge is 0.494 e. The molecular formula is C16H27NO2. The van der Waals surface area contributed by atoms with Crippen molar-refractivity contribution >= 4 is 0 Å². The molecule has 0 aliphatic rings. The highest BCUT2D eigenvalue weighted by molar-refractivity contribution is 5.37. The first-order valence-electron chi connectivity index (χ1n) is 7.22. The summed E-state index contributed by atoms with van der Waals surface area (Å²) in [5.41, 5.74) is 8.34. The van der Waals surface area contributed by atoms with E-state index in [0.29, 0.717) is 19.1 Å². The van der Waals surface area contributed by atoms with Crippen LogP contribution in [0.1, 0.15) is 44.2 Å². The smallest absolute Gasteiger partial charge is 0.119 e. The molecule has 3 nitrogen and oxygen atoms in total. The summed E-state index contributed by atoms with van der Waals surface area (Å²) in [5.74, 6) is 1.53. The third-order valence-corrected chi connectivity index (χ3v) is 3.62. The van der Waals surface area contributed by atoms with E-state index in [9.17, 15) is 5.11 Å². The first kappa shape index (κ1) is 16.0. The van der Waals surface area contributed by atoms with Crippen molar-refractivity contribution in [2.45, 2.75) is 39.5 Å². The standard InChI is InChI=1S/C16H27NO2/c1-4-14-9-15(19-5-2)6-7-16(14)12(3)8-13(10-17)11-18/h6-7,9,12-13,18H,4-5,8,10-11,17H2,1-3H3. The lowest BCUT2D eigenvalue weighted by Gasteiger charge is -2.21. The number of aryl methyl sites for hydroxylation is 1. The van der Waals surface area contributed by atoms with Gasteiger partial charge in [-0.3, -0.25) is 0 Å². The van der Waals surface area contributed by atoms with Gasteiger partial charge in [0.05, 0.1) is 6.61 Å². The number of aliphatic hydroxyl groups is 1. The van der Waals surface area contributed by atoms with Crippen LogP contribution in [0, 0.1) is 5.92 Å². The van der Waals surface area contributed by atoms with Crippen molar-refractivity contribution in [3.05, 3.63) is 29.3 Å². The summed E-state index contributed by atoms with van der Waals surface area (Å²) in [6, 6.07) is 6.32. The molecule has 0 saturated carbocycles. The van der Waals surface area contributed by atoms with E-state index in [1.165, 1.54) is 11.1 Å². The second kappa shape index (κ2) is 8.18. The lowest BCUT2D eigenvalue weighted by atomic mass is 9.87. The van der Waals surface area contributed by atoms with Crippen molar-refractivity contribution in [1.29, 1.82) is 0 Å². The number of benzene rings is 1. The lowest BCUT2D eigenvalue weighted by molar-refractivity contribution is 0.217. The first-order chi connectivity index (χ1) is 9.15. The van der Waals surface area contributed by atoms with Gasteiger partial charge < -0.3 is 15.6 Å². The van der Waals surface area contributed by atoms with Crippen molar-refractivity contribution in [2.75, 3.05) is 19.8 Å². The van der Waals surface area contributed by atoms with Crippen LogP contribution in [0.2, 0.25) is 0 Å². The number of aliphatic hydroxyl groups excluding tert-OH is 1. The highest BCUT2D eigenvalue weighted by Gasteiger charge is 2.15. The van der Waals surface area contributed by atoms with Crippen LogP contribution in [0.5, 0.6) is 5.75 Å². The van der Waals surface area contributed by atoms with Gasteiger partial charge in [-0.2, -0.15) is 0 Å². The third kappa shape index (κ3) is 4.51. The fourth-order valence-electron chi connectivity index (χ4n) is 2.50. The summed E-state index contributed by atoms with van der Waals surface area (Å²) in [6.07, 6.45) is 1.92. The number of nitrogens with two attached hydrogens (primary N) is 1. The zero-order chi connectivity index (χ0) is 14.3. The normalized spacial score (nSPS) is 14.2. The van der Waals surface area contributed by atoms with Crippen molar-refractivity contribution in [3.8, 4) is 5.75 Å². The molecule has 0 spiro atoms. The molecule has 108 valence electrons. The Morgan fingerprint density at radius 1 is 1.32 bits per heavy atom. The molecule has 0 saturated heterocycles. The van der Waals surface area contributed by atoms with Gasteiger partial charge in [-0.15, -0.1) is 0 Å². The van der Waals surface area contributed by atoms with Crippen molar-refractivity contribution < 1.29 is 9.84 Å². The quantitative estimate of drug-likeness (QED) is 0.760. The van der Waals surface area contributed by atoms with E-state index in [2.05, 4.69) is 26.0 Å². The van der Waals surface area contributed by atoms with E-state index in [1.54, 1.807) is 0 Å². The molecule has 1 aromatic rings. The minimum atomic E-state index is 0.166. The summed E-state index contributed by atoms with van der Waals surface area (Å²) >= 11 is 0. The zero-order valence-corrected chi connectivity index (χ0v) is 12.4. The number of hydrogen-bond acceptors (Lipinski definition) is 3. The number of ether oxygens (including phenoxy) is 1. The maximum atomic E-state index is 9.26. The monoisotopic (exact) mass is 265 g/mol.